The Kier molecular flexibility index (Phi) is 8.86. The summed E-state index contributed by atoms with van der Waals surface area (Å²) in [5.74, 6) is -0.0132. The number of nitrogens with one attached hydrogen (secondary N) is 2. The van der Waals surface area contributed by atoms with E-state index in [0.29, 0.717) is 11.5 Å². The molecule has 7 heteroatoms. The molecule has 0 unspecified atom stereocenters. The second-order valence-corrected chi connectivity index (χ2v) is 8.58. The average molecular weight is 427 g/mol. The fourth-order valence-corrected chi connectivity index (χ4v) is 4.74. The Labute approximate surface area is 185 Å². The molecule has 0 spiro atoms. The van der Waals surface area contributed by atoms with Crippen LogP contribution < -0.4 is 10.6 Å². The number of amides is 2. The smallest absolute Gasteiger partial charge is 0.251 e. The third kappa shape index (κ3) is 6.52. The van der Waals surface area contributed by atoms with Crippen molar-refractivity contribution in [2.45, 2.75) is 50.5 Å². The van der Waals surface area contributed by atoms with Gasteiger partial charge in [-0.05, 0) is 62.4 Å². The molecule has 0 radical (unpaired) electrons. The lowest BCUT2D eigenvalue weighted by molar-refractivity contribution is -0.126. The number of nitrogens with zero attached hydrogens (tertiary/aromatic N) is 2. The van der Waals surface area contributed by atoms with Gasteiger partial charge >= 0.3 is 0 Å². The van der Waals surface area contributed by atoms with Gasteiger partial charge in [0.1, 0.15) is 6.54 Å². The van der Waals surface area contributed by atoms with Gasteiger partial charge in [0.2, 0.25) is 5.91 Å². The van der Waals surface area contributed by atoms with Gasteiger partial charge < -0.3 is 20.3 Å². The number of benzene rings is 1. The number of likely N-dealkylation sites (tertiary alicyclic amines) is 1. The summed E-state index contributed by atoms with van der Waals surface area (Å²) >= 11 is 0. The van der Waals surface area contributed by atoms with Gasteiger partial charge in [-0.1, -0.05) is 25.0 Å². The van der Waals surface area contributed by atoms with Crippen molar-refractivity contribution in [3.8, 4) is 6.07 Å². The maximum absolute atomic E-state index is 12.8. The predicted molar refractivity (Wildman–Crippen MR) is 119 cm³/mol. The SMILES string of the molecule is COCCN1CCC(c2ccc(C(=O)N[C@H]3CCCC[C@H]3C(=O)NCC#N)cc2)CC1. The summed E-state index contributed by atoms with van der Waals surface area (Å²) in [6.07, 6.45) is 5.74. The Bertz CT molecular complexity index is 766. The van der Waals surface area contributed by atoms with Crippen LogP contribution in [0.4, 0.5) is 0 Å². The molecule has 1 aliphatic heterocycles. The van der Waals surface area contributed by atoms with Crippen LogP contribution in [0.5, 0.6) is 0 Å². The van der Waals surface area contributed by atoms with E-state index in [0.717, 1.165) is 64.8 Å². The van der Waals surface area contributed by atoms with Gasteiger partial charge in [-0.3, -0.25) is 9.59 Å². The largest absolute Gasteiger partial charge is 0.383 e. The van der Waals surface area contributed by atoms with E-state index in [-0.39, 0.29) is 30.3 Å². The molecule has 3 rings (SSSR count). The number of ether oxygens (including phenoxy) is 1. The Hall–Kier alpha value is -2.43. The monoisotopic (exact) mass is 426 g/mol. The van der Waals surface area contributed by atoms with Crippen molar-refractivity contribution in [3.63, 3.8) is 0 Å². The Morgan fingerprint density at radius 3 is 2.52 bits per heavy atom. The lowest BCUT2D eigenvalue weighted by atomic mass is 9.83. The highest BCUT2D eigenvalue weighted by Gasteiger charge is 2.32. The van der Waals surface area contributed by atoms with E-state index in [9.17, 15) is 9.59 Å². The molecule has 1 saturated heterocycles. The van der Waals surface area contributed by atoms with Gasteiger partial charge in [-0.25, -0.2) is 0 Å². The van der Waals surface area contributed by atoms with Crippen molar-refractivity contribution in [3.05, 3.63) is 35.4 Å². The van der Waals surface area contributed by atoms with E-state index in [1.54, 1.807) is 7.11 Å². The van der Waals surface area contributed by atoms with Crippen LogP contribution >= 0.6 is 0 Å². The van der Waals surface area contributed by atoms with E-state index in [1.165, 1.54) is 5.56 Å². The Morgan fingerprint density at radius 1 is 1.13 bits per heavy atom. The molecule has 0 bridgehead atoms. The van der Waals surface area contributed by atoms with Crippen LogP contribution in [-0.4, -0.2) is 62.7 Å². The van der Waals surface area contributed by atoms with Crippen molar-refractivity contribution < 1.29 is 14.3 Å². The van der Waals surface area contributed by atoms with Crippen LogP contribution in [0.2, 0.25) is 0 Å². The number of rotatable bonds is 8. The summed E-state index contributed by atoms with van der Waals surface area (Å²) in [5, 5.41) is 14.4. The van der Waals surface area contributed by atoms with Gasteiger partial charge in [-0.2, -0.15) is 5.26 Å². The highest BCUT2D eigenvalue weighted by atomic mass is 16.5. The summed E-state index contributed by atoms with van der Waals surface area (Å²) in [7, 11) is 1.74. The Balaban J connectivity index is 1.54. The molecule has 7 nitrogen and oxygen atoms in total. The van der Waals surface area contributed by atoms with E-state index in [2.05, 4.69) is 27.7 Å². The summed E-state index contributed by atoms with van der Waals surface area (Å²) in [6.45, 7) is 3.92. The molecule has 2 atom stereocenters. The molecule has 1 aliphatic carbocycles. The normalized spacial score (nSPS) is 22.5. The molecular formula is C24H34N4O3. The summed E-state index contributed by atoms with van der Waals surface area (Å²) in [4.78, 5) is 27.6. The van der Waals surface area contributed by atoms with Crippen LogP contribution in [0, 0.1) is 17.2 Å². The van der Waals surface area contributed by atoms with E-state index >= 15 is 0 Å². The molecule has 1 aromatic carbocycles. The Morgan fingerprint density at radius 2 is 1.84 bits per heavy atom. The zero-order valence-electron chi connectivity index (χ0n) is 18.4. The lowest BCUT2D eigenvalue weighted by Gasteiger charge is -2.32. The number of carbonyl (C=O) groups is 2. The van der Waals surface area contributed by atoms with Crippen LogP contribution in [0.25, 0.3) is 0 Å². The van der Waals surface area contributed by atoms with E-state index in [4.69, 9.17) is 10.00 Å². The first-order chi connectivity index (χ1) is 15.1. The summed E-state index contributed by atoms with van der Waals surface area (Å²) < 4.78 is 5.17. The molecular weight excluding hydrogens is 392 g/mol. The average Bonchev–Trinajstić information content (AvgIpc) is 2.82. The van der Waals surface area contributed by atoms with Gasteiger partial charge in [0.15, 0.2) is 0 Å². The molecule has 1 saturated carbocycles. The predicted octanol–water partition coefficient (Wildman–Crippen LogP) is 2.44. The fourth-order valence-electron chi connectivity index (χ4n) is 4.74. The first-order valence-corrected chi connectivity index (χ1v) is 11.4. The van der Waals surface area contributed by atoms with Crippen molar-refractivity contribution >= 4 is 11.8 Å². The number of piperidine rings is 1. The lowest BCUT2D eigenvalue weighted by Crippen LogP contribution is -2.48. The molecule has 2 fully saturated rings. The van der Waals surface area contributed by atoms with Gasteiger partial charge in [0.25, 0.3) is 5.91 Å². The van der Waals surface area contributed by atoms with Crippen LogP contribution in [0.1, 0.15) is 60.4 Å². The molecule has 31 heavy (non-hydrogen) atoms. The first-order valence-electron chi connectivity index (χ1n) is 11.4. The number of carbonyl (C=O) groups excluding carboxylic acids is 2. The number of hydrogen-bond acceptors (Lipinski definition) is 5. The standard InChI is InChI=1S/C24H34N4O3/c1-31-17-16-28-14-10-19(11-15-28)18-6-8-20(9-7-18)23(29)27-22-5-3-2-4-21(22)24(30)26-13-12-25/h6-9,19,21-22H,2-5,10-11,13-17H2,1H3,(H,26,30)(H,27,29)/t21-,22+/m1/s1. The quantitative estimate of drug-likeness (QED) is 0.623. The second kappa shape index (κ2) is 11.8. The third-order valence-electron chi connectivity index (χ3n) is 6.60. The zero-order valence-corrected chi connectivity index (χ0v) is 18.4. The highest BCUT2D eigenvalue weighted by molar-refractivity contribution is 5.95. The van der Waals surface area contributed by atoms with Gasteiger partial charge in [0, 0.05) is 25.3 Å². The maximum Gasteiger partial charge on any atom is 0.251 e. The van der Waals surface area contributed by atoms with Crippen molar-refractivity contribution in [2.75, 3.05) is 39.9 Å². The van der Waals surface area contributed by atoms with E-state index in [1.807, 2.05) is 18.2 Å². The minimum atomic E-state index is -0.270. The molecule has 168 valence electrons. The molecule has 1 aromatic rings. The van der Waals surface area contributed by atoms with Gasteiger partial charge in [-0.15, -0.1) is 0 Å². The fraction of sp³-hybridized carbons (Fsp3) is 0.625. The molecule has 1 heterocycles. The molecule has 2 amide bonds. The van der Waals surface area contributed by atoms with Crippen LogP contribution in [0.15, 0.2) is 24.3 Å². The maximum atomic E-state index is 12.8. The van der Waals surface area contributed by atoms with Crippen molar-refractivity contribution in [1.29, 1.82) is 5.26 Å². The topological polar surface area (TPSA) is 94.5 Å². The molecule has 2 N–H and O–H groups in total. The van der Waals surface area contributed by atoms with Gasteiger partial charge in [0.05, 0.1) is 18.6 Å². The summed E-state index contributed by atoms with van der Waals surface area (Å²) in [5.41, 5.74) is 1.91. The van der Waals surface area contributed by atoms with Crippen molar-refractivity contribution in [2.24, 2.45) is 5.92 Å². The highest BCUT2D eigenvalue weighted by Crippen LogP contribution is 2.28. The first kappa shape index (κ1) is 23.2. The van der Waals surface area contributed by atoms with Crippen LogP contribution in [0.3, 0.4) is 0 Å². The van der Waals surface area contributed by atoms with E-state index < -0.39 is 0 Å². The molecule has 2 aliphatic rings. The number of nitriles is 1. The minimum Gasteiger partial charge on any atom is -0.383 e. The third-order valence-corrected chi connectivity index (χ3v) is 6.60. The molecule has 0 aromatic heterocycles. The van der Waals surface area contributed by atoms with Crippen LogP contribution in [-0.2, 0) is 9.53 Å². The second-order valence-electron chi connectivity index (χ2n) is 8.58. The minimum absolute atomic E-state index is 0.00275. The number of methoxy groups -OCH3 is 1. The zero-order chi connectivity index (χ0) is 22.1. The van der Waals surface area contributed by atoms with Crippen molar-refractivity contribution in [1.82, 2.24) is 15.5 Å². The number of hydrogen-bond donors (Lipinski definition) is 2. The summed E-state index contributed by atoms with van der Waals surface area (Å²) in [6, 6.07) is 9.69.